The summed E-state index contributed by atoms with van der Waals surface area (Å²) in [5.74, 6) is 0.962. The lowest BCUT2D eigenvalue weighted by molar-refractivity contribution is 0.276. The Morgan fingerprint density at radius 1 is 1.20 bits per heavy atom. The Bertz CT molecular complexity index is 811. The molecular weight excluding hydrogens is 316 g/mol. The number of pyridine rings is 1. The van der Waals surface area contributed by atoms with E-state index in [2.05, 4.69) is 31.8 Å². The third-order valence-electron chi connectivity index (χ3n) is 4.19. The fourth-order valence-corrected chi connectivity index (χ4v) is 3.03. The van der Waals surface area contributed by atoms with Crippen LogP contribution in [0.4, 0.5) is 11.8 Å². The van der Waals surface area contributed by atoms with E-state index in [9.17, 15) is 5.11 Å². The van der Waals surface area contributed by atoms with Gasteiger partial charge in [0.25, 0.3) is 0 Å². The zero-order valence-corrected chi connectivity index (χ0v) is 14.4. The molecule has 132 valence electrons. The molecule has 0 saturated heterocycles. The topological polar surface area (TPSA) is 102 Å². The van der Waals surface area contributed by atoms with Gasteiger partial charge in [0.2, 0.25) is 5.95 Å². The van der Waals surface area contributed by atoms with Crippen molar-refractivity contribution in [1.29, 1.82) is 0 Å². The molecule has 1 atom stereocenters. The van der Waals surface area contributed by atoms with Crippen LogP contribution in [0, 0.1) is 0 Å². The number of aliphatic hydroxyl groups is 1. The average molecular weight is 340 g/mol. The molecule has 7 heteroatoms. The van der Waals surface area contributed by atoms with Crippen molar-refractivity contribution in [2.24, 2.45) is 0 Å². The minimum atomic E-state index is 0.138. The summed E-state index contributed by atoms with van der Waals surface area (Å²) in [6.07, 6.45) is 8.21. The number of anilines is 2. The minimum absolute atomic E-state index is 0.138. The molecule has 3 aromatic rings. The first-order chi connectivity index (χ1) is 12.2. The Balaban J connectivity index is 1.97. The maximum absolute atomic E-state index is 9.31. The van der Waals surface area contributed by atoms with Gasteiger partial charge in [0.15, 0.2) is 5.82 Å². The molecule has 3 aromatic heterocycles. The number of aliphatic hydroxyl groups excluding tert-OH is 1. The van der Waals surface area contributed by atoms with Crippen LogP contribution in [0.3, 0.4) is 0 Å². The highest BCUT2D eigenvalue weighted by atomic mass is 16.3. The number of nitrogen functional groups attached to an aromatic ring is 1. The van der Waals surface area contributed by atoms with Crippen LogP contribution in [-0.2, 0) is 6.54 Å². The number of hydrogen-bond donors (Lipinski definition) is 3. The van der Waals surface area contributed by atoms with Crippen molar-refractivity contribution in [3.05, 3.63) is 42.4 Å². The lowest BCUT2D eigenvalue weighted by Crippen LogP contribution is -2.22. The SMILES string of the molecule is CCCC(CCO)Nc1nc(N)nc2ccn(Cc3ccncc3)c12. The molecule has 0 aliphatic rings. The zero-order chi connectivity index (χ0) is 17.6. The van der Waals surface area contributed by atoms with Crippen molar-refractivity contribution >= 4 is 22.8 Å². The second-order valence-electron chi connectivity index (χ2n) is 6.11. The molecule has 3 rings (SSSR count). The highest BCUT2D eigenvalue weighted by molar-refractivity contribution is 5.87. The maximum atomic E-state index is 9.31. The second-order valence-corrected chi connectivity index (χ2v) is 6.11. The molecule has 0 saturated carbocycles. The normalized spacial score (nSPS) is 12.4. The van der Waals surface area contributed by atoms with E-state index < -0.39 is 0 Å². The molecule has 25 heavy (non-hydrogen) atoms. The molecule has 0 fully saturated rings. The summed E-state index contributed by atoms with van der Waals surface area (Å²) in [4.78, 5) is 12.8. The smallest absolute Gasteiger partial charge is 0.222 e. The average Bonchev–Trinajstić information content (AvgIpc) is 2.99. The van der Waals surface area contributed by atoms with Gasteiger partial charge in [0, 0.05) is 37.8 Å². The number of nitrogens with zero attached hydrogens (tertiary/aromatic N) is 4. The first kappa shape index (κ1) is 17.2. The van der Waals surface area contributed by atoms with Crippen molar-refractivity contribution in [1.82, 2.24) is 19.5 Å². The van der Waals surface area contributed by atoms with Crippen LogP contribution < -0.4 is 11.1 Å². The van der Waals surface area contributed by atoms with Gasteiger partial charge in [-0.2, -0.15) is 4.98 Å². The summed E-state index contributed by atoms with van der Waals surface area (Å²) in [6.45, 7) is 2.97. The van der Waals surface area contributed by atoms with Crippen molar-refractivity contribution in [3.8, 4) is 0 Å². The van der Waals surface area contributed by atoms with Gasteiger partial charge < -0.3 is 20.7 Å². The van der Waals surface area contributed by atoms with Crippen LogP contribution in [-0.4, -0.2) is 37.3 Å². The maximum Gasteiger partial charge on any atom is 0.222 e. The molecule has 3 heterocycles. The first-order valence-electron chi connectivity index (χ1n) is 8.60. The van der Waals surface area contributed by atoms with Gasteiger partial charge >= 0.3 is 0 Å². The number of rotatable bonds is 8. The van der Waals surface area contributed by atoms with E-state index >= 15 is 0 Å². The molecule has 0 spiro atoms. The predicted molar refractivity (Wildman–Crippen MR) is 99.3 cm³/mol. The van der Waals surface area contributed by atoms with Crippen molar-refractivity contribution < 1.29 is 5.11 Å². The van der Waals surface area contributed by atoms with E-state index in [0.29, 0.717) is 18.8 Å². The summed E-state index contributed by atoms with van der Waals surface area (Å²) in [7, 11) is 0. The molecule has 0 bridgehead atoms. The third kappa shape index (κ3) is 4.06. The molecule has 0 aromatic carbocycles. The van der Waals surface area contributed by atoms with Crippen LogP contribution in [0.25, 0.3) is 11.0 Å². The highest BCUT2D eigenvalue weighted by Gasteiger charge is 2.15. The van der Waals surface area contributed by atoms with E-state index in [0.717, 1.165) is 29.4 Å². The Labute approximate surface area is 146 Å². The summed E-state index contributed by atoms with van der Waals surface area (Å²) in [5, 5.41) is 12.8. The van der Waals surface area contributed by atoms with Gasteiger partial charge in [-0.05, 0) is 36.6 Å². The molecular formula is C18H24N6O. The van der Waals surface area contributed by atoms with Crippen molar-refractivity contribution in [2.75, 3.05) is 17.7 Å². The van der Waals surface area contributed by atoms with Crippen LogP contribution in [0.15, 0.2) is 36.8 Å². The third-order valence-corrected chi connectivity index (χ3v) is 4.19. The number of aromatic nitrogens is 4. The van der Waals surface area contributed by atoms with Crippen LogP contribution in [0.5, 0.6) is 0 Å². The Hall–Kier alpha value is -2.67. The van der Waals surface area contributed by atoms with Gasteiger partial charge in [-0.3, -0.25) is 4.98 Å². The predicted octanol–water partition coefficient (Wildman–Crippen LogP) is 2.42. The zero-order valence-electron chi connectivity index (χ0n) is 14.4. The molecule has 7 nitrogen and oxygen atoms in total. The fourth-order valence-electron chi connectivity index (χ4n) is 3.03. The molecule has 0 aliphatic heterocycles. The van der Waals surface area contributed by atoms with Gasteiger partial charge in [-0.15, -0.1) is 0 Å². The van der Waals surface area contributed by atoms with E-state index in [4.69, 9.17) is 5.73 Å². The van der Waals surface area contributed by atoms with Crippen LogP contribution in [0.1, 0.15) is 31.7 Å². The first-order valence-corrected chi connectivity index (χ1v) is 8.60. The summed E-state index contributed by atoms with van der Waals surface area (Å²) in [6, 6.07) is 6.07. The van der Waals surface area contributed by atoms with Gasteiger partial charge in [-0.1, -0.05) is 13.3 Å². The number of nitrogens with one attached hydrogen (secondary N) is 1. The van der Waals surface area contributed by atoms with Gasteiger partial charge in [0.05, 0.1) is 5.52 Å². The Morgan fingerprint density at radius 2 is 2.00 bits per heavy atom. The second kappa shape index (κ2) is 7.94. The van der Waals surface area contributed by atoms with Crippen molar-refractivity contribution in [2.45, 2.75) is 38.8 Å². The summed E-state index contributed by atoms with van der Waals surface area (Å²) < 4.78 is 2.11. The quantitative estimate of drug-likeness (QED) is 0.582. The molecule has 1 unspecified atom stereocenters. The Kier molecular flexibility index (Phi) is 5.45. The molecule has 0 amide bonds. The fraction of sp³-hybridized carbons (Fsp3) is 0.389. The van der Waals surface area contributed by atoms with E-state index in [1.54, 1.807) is 12.4 Å². The summed E-state index contributed by atoms with van der Waals surface area (Å²) >= 11 is 0. The highest BCUT2D eigenvalue weighted by Crippen LogP contribution is 2.25. The van der Waals surface area contributed by atoms with Gasteiger partial charge in [0.1, 0.15) is 5.52 Å². The monoisotopic (exact) mass is 340 g/mol. The van der Waals surface area contributed by atoms with Gasteiger partial charge in [-0.25, -0.2) is 4.98 Å². The lowest BCUT2D eigenvalue weighted by Gasteiger charge is -2.19. The Morgan fingerprint density at radius 3 is 2.72 bits per heavy atom. The molecule has 0 radical (unpaired) electrons. The standard InChI is InChI=1S/C18H24N6O/c1-2-3-14(7-11-25)21-17-16-15(22-18(19)23-17)6-10-24(16)12-13-4-8-20-9-5-13/h4-6,8-10,14,25H,2-3,7,11-12H2,1H3,(H3,19,21,22,23). The lowest BCUT2D eigenvalue weighted by atomic mass is 10.1. The van der Waals surface area contributed by atoms with Crippen LogP contribution >= 0.6 is 0 Å². The largest absolute Gasteiger partial charge is 0.396 e. The molecule has 0 aliphatic carbocycles. The molecule has 4 N–H and O–H groups in total. The van der Waals surface area contributed by atoms with E-state index in [1.807, 2.05) is 24.4 Å². The van der Waals surface area contributed by atoms with E-state index in [1.165, 1.54) is 0 Å². The van der Waals surface area contributed by atoms with E-state index in [-0.39, 0.29) is 18.6 Å². The minimum Gasteiger partial charge on any atom is -0.396 e. The van der Waals surface area contributed by atoms with Crippen LogP contribution in [0.2, 0.25) is 0 Å². The number of hydrogen-bond acceptors (Lipinski definition) is 6. The summed E-state index contributed by atoms with van der Waals surface area (Å²) in [5.41, 5.74) is 8.76. The van der Waals surface area contributed by atoms with Crippen molar-refractivity contribution in [3.63, 3.8) is 0 Å². The number of nitrogens with two attached hydrogens (primary N) is 1. The number of fused-ring (bicyclic) bond motifs is 1.